The van der Waals surface area contributed by atoms with Crippen LogP contribution >= 0.6 is 0 Å². The minimum Gasteiger partial charge on any atom is -0.278 e. The minimum atomic E-state index is 0.278. The molecule has 1 N–H and O–H groups in total. The maximum Gasteiger partial charge on any atom is 0.156 e. The van der Waals surface area contributed by atoms with Gasteiger partial charge in [-0.1, -0.05) is 20.8 Å². The van der Waals surface area contributed by atoms with E-state index in [1.54, 1.807) is 0 Å². The molecule has 2 nitrogen and oxygen atoms in total. The van der Waals surface area contributed by atoms with E-state index in [1.807, 2.05) is 0 Å². The Bertz CT molecular complexity index is 70.6. The van der Waals surface area contributed by atoms with Gasteiger partial charge in [0.25, 0.3) is 0 Å². The summed E-state index contributed by atoms with van der Waals surface area (Å²) in [6.45, 7) is 6.41. The molecule has 1 aliphatic heterocycles. The zero-order chi connectivity index (χ0) is 5.49. The maximum absolute atomic E-state index is 4.82. The van der Waals surface area contributed by atoms with Crippen LogP contribution in [0.1, 0.15) is 20.8 Å². The quantitative estimate of drug-likeness (QED) is 0.460. The molecule has 42 valence electrons. The van der Waals surface area contributed by atoms with Gasteiger partial charge < -0.3 is 0 Å². The summed E-state index contributed by atoms with van der Waals surface area (Å²) in [5.74, 6) is 0. The van der Waals surface area contributed by atoms with E-state index < -0.39 is 0 Å². The molecule has 0 spiro atoms. The van der Waals surface area contributed by atoms with E-state index in [9.17, 15) is 0 Å². The van der Waals surface area contributed by atoms with Crippen molar-refractivity contribution in [1.82, 2.24) is 5.48 Å². The first-order valence-corrected chi connectivity index (χ1v) is 2.52. The van der Waals surface area contributed by atoms with Crippen molar-refractivity contribution in [1.29, 1.82) is 0 Å². The minimum absolute atomic E-state index is 0.278. The van der Waals surface area contributed by atoms with Crippen molar-refractivity contribution in [2.75, 3.05) is 0 Å². The summed E-state index contributed by atoms with van der Waals surface area (Å²) in [4.78, 5) is 4.82. The highest BCUT2D eigenvalue weighted by Crippen LogP contribution is 2.25. The van der Waals surface area contributed by atoms with Gasteiger partial charge in [-0.05, 0) is 0 Å². The van der Waals surface area contributed by atoms with Crippen LogP contribution in [0.2, 0.25) is 0 Å². The lowest BCUT2D eigenvalue weighted by Gasteiger charge is -2.10. The average Bonchev–Trinajstić information content (AvgIpc) is 1.99. The summed E-state index contributed by atoms with van der Waals surface area (Å²) in [6.07, 6.45) is 0.299. The van der Waals surface area contributed by atoms with Crippen molar-refractivity contribution in [3.8, 4) is 0 Å². The molecule has 1 saturated heterocycles. The highest BCUT2D eigenvalue weighted by Gasteiger charge is 2.35. The van der Waals surface area contributed by atoms with E-state index in [2.05, 4.69) is 26.3 Å². The third-order valence-electron chi connectivity index (χ3n) is 1.02. The van der Waals surface area contributed by atoms with Crippen LogP contribution in [-0.2, 0) is 4.84 Å². The van der Waals surface area contributed by atoms with E-state index in [0.717, 1.165) is 0 Å². The second-order valence-corrected chi connectivity index (χ2v) is 2.98. The van der Waals surface area contributed by atoms with Gasteiger partial charge in [0.2, 0.25) is 0 Å². The van der Waals surface area contributed by atoms with Crippen molar-refractivity contribution in [2.45, 2.75) is 27.0 Å². The van der Waals surface area contributed by atoms with Crippen LogP contribution in [0, 0.1) is 5.41 Å². The molecule has 1 fully saturated rings. The van der Waals surface area contributed by atoms with Crippen molar-refractivity contribution in [3.05, 3.63) is 0 Å². The van der Waals surface area contributed by atoms with Crippen LogP contribution in [0.25, 0.3) is 0 Å². The highest BCUT2D eigenvalue weighted by atomic mass is 16.8. The first-order valence-electron chi connectivity index (χ1n) is 2.52. The fourth-order valence-corrected chi connectivity index (χ4v) is 0.388. The number of hydrogen-bond acceptors (Lipinski definition) is 2. The molecule has 0 amide bonds. The van der Waals surface area contributed by atoms with Crippen molar-refractivity contribution >= 4 is 0 Å². The van der Waals surface area contributed by atoms with Crippen molar-refractivity contribution < 1.29 is 4.84 Å². The predicted octanol–water partition coefficient (Wildman–Crippen LogP) is 0.893. The Kier molecular flexibility index (Phi) is 0.869. The summed E-state index contributed by atoms with van der Waals surface area (Å²) in [5, 5.41) is 0. The Labute approximate surface area is 43.8 Å². The molecule has 0 aromatic heterocycles. The Morgan fingerprint density at radius 2 is 1.86 bits per heavy atom. The van der Waals surface area contributed by atoms with Gasteiger partial charge in [0, 0.05) is 5.41 Å². The SMILES string of the molecule is CC(C)(C)C1NO1. The third-order valence-corrected chi connectivity index (χ3v) is 1.02. The lowest BCUT2D eigenvalue weighted by molar-refractivity contribution is 0.260. The molecule has 1 unspecified atom stereocenters. The second-order valence-electron chi connectivity index (χ2n) is 2.98. The molecule has 7 heavy (non-hydrogen) atoms. The van der Waals surface area contributed by atoms with Gasteiger partial charge in [-0.25, -0.2) is 0 Å². The molecular weight excluding hydrogens is 90.1 g/mol. The topological polar surface area (TPSA) is 34.5 Å². The molecule has 0 aromatic carbocycles. The number of hydrogen-bond donors (Lipinski definition) is 1. The molecular formula is C5H11NO. The zero-order valence-electron chi connectivity index (χ0n) is 4.99. The fourth-order valence-electron chi connectivity index (χ4n) is 0.388. The molecule has 0 bridgehead atoms. The van der Waals surface area contributed by atoms with Crippen LogP contribution < -0.4 is 5.48 Å². The highest BCUT2D eigenvalue weighted by molar-refractivity contribution is 4.74. The Hall–Kier alpha value is -0.0800. The van der Waals surface area contributed by atoms with E-state index in [1.165, 1.54) is 0 Å². The normalized spacial score (nSPS) is 30.4. The Morgan fingerprint density at radius 3 is 1.86 bits per heavy atom. The molecule has 0 aliphatic carbocycles. The van der Waals surface area contributed by atoms with Gasteiger partial charge in [-0.3, -0.25) is 4.84 Å². The largest absolute Gasteiger partial charge is 0.278 e. The average molecular weight is 101 g/mol. The molecule has 1 aliphatic rings. The monoisotopic (exact) mass is 101 g/mol. The zero-order valence-corrected chi connectivity index (χ0v) is 4.99. The van der Waals surface area contributed by atoms with Crippen LogP contribution in [0.3, 0.4) is 0 Å². The van der Waals surface area contributed by atoms with Gasteiger partial charge in [0.15, 0.2) is 6.23 Å². The second kappa shape index (κ2) is 1.20. The van der Waals surface area contributed by atoms with Gasteiger partial charge in [0.05, 0.1) is 0 Å². The lowest BCUT2D eigenvalue weighted by atomic mass is 9.96. The Morgan fingerprint density at radius 1 is 1.43 bits per heavy atom. The lowest BCUT2D eigenvalue weighted by Crippen LogP contribution is -2.15. The molecule has 2 heteroatoms. The summed E-state index contributed by atoms with van der Waals surface area (Å²) >= 11 is 0. The third kappa shape index (κ3) is 1.14. The van der Waals surface area contributed by atoms with Gasteiger partial charge in [-0.15, -0.1) is 0 Å². The van der Waals surface area contributed by atoms with Gasteiger partial charge in [0.1, 0.15) is 0 Å². The number of nitrogens with one attached hydrogen (secondary N) is 1. The first-order chi connectivity index (χ1) is 3.11. The van der Waals surface area contributed by atoms with Crippen LogP contribution in [0.5, 0.6) is 0 Å². The maximum atomic E-state index is 4.82. The van der Waals surface area contributed by atoms with Crippen LogP contribution in [-0.4, -0.2) is 6.23 Å². The predicted molar refractivity (Wildman–Crippen MR) is 27.5 cm³/mol. The van der Waals surface area contributed by atoms with Gasteiger partial charge >= 0.3 is 0 Å². The van der Waals surface area contributed by atoms with Crippen LogP contribution in [0.4, 0.5) is 0 Å². The molecule has 1 heterocycles. The summed E-state index contributed by atoms with van der Waals surface area (Å²) in [7, 11) is 0. The fraction of sp³-hybridized carbons (Fsp3) is 1.00. The van der Waals surface area contributed by atoms with E-state index in [4.69, 9.17) is 4.84 Å². The smallest absolute Gasteiger partial charge is 0.156 e. The molecule has 0 aromatic rings. The molecule has 1 rings (SSSR count). The summed E-state index contributed by atoms with van der Waals surface area (Å²) < 4.78 is 0. The first kappa shape index (κ1) is 5.06. The Balaban J connectivity index is 2.36. The van der Waals surface area contributed by atoms with Crippen molar-refractivity contribution in [3.63, 3.8) is 0 Å². The summed E-state index contributed by atoms with van der Waals surface area (Å²) in [6, 6.07) is 0. The van der Waals surface area contributed by atoms with E-state index in [-0.39, 0.29) is 5.41 Å². The molecule has 0 saturated carbocycles. The standard InChI is InChI=1S/C5H11NO/c1-5(2,3)4-6-7-4/h4,6H,1-3H3. The molecule has 0 radical (unpaired) electrons. The van der Waals surface area contributed by atoms with Gasteiger partial charge in [-0.2, -0.15) is 5.48 Å². The number of rotatable bonds is 0. The number of hydroxylamine groups is 1. The van der Waals surface area contributed by atoms with E-state index >= 15 is 0 Å². The van der Waals surface area contributed by atoms with Crippen LogP contribution in [0.15, 0.2) is 0 Å². The van der Waals surface area contributed by atoms with E-state index in [0.29, 0.717) is 6.23 Å². The molecule has 1 atom stereocenters. The van der Waals surface area contributed by atoms with Crippen molar-refractivity contribution in [2.24, 2.45) is 5.41 Å². The summed E-state index contributed by atoms with van der Waals surface area (Å²) in [5.41, 5.74) is 3.05.